The van der Waals surface area contributed by atoms with E-state index in [0.29, 0.717) is 6.04 Å². The van der Waals surface area contributed by atoms with E-state index >= 15 is 0 Å². The quantitative estimate of drug-likeness (QED) is 0.856. The minimum Gasteiger partial charge on any atom is -0.361 e. The highest BCUT2D eigenvalue weighted by molar-refractivity contribution is 5.90. The van der Waals surface area contributed by atoms with E-state index in [4.69, 9.17) is 4.52 Å². The maximum Gasteiger partial charge on any atom is 0.291 e. The molecule has 1 saturated heterocycles. The fourth-order valence-electron chi connectivity index (χ4n) is 3.34. The van der Waals surface area contributed by atoms with Crippen LogP contribution in [0.2, 0.25) is 0 Å². The lowest BCUT2D eigenvalue weighted by Crippen LogP contribution is -2.33. The third-order valence-electron chi connectivity index (χ3n) is 5.20. The Balaban J connectivity index is 1.72. The maximum atomic E-state index is 12.3. The summed E-state index contributed by atoms with van der Waals surface area (Å²) in [6, 6.07) is 0.348. The SMILES string of the molecule is Cc1nc(C(=O)N(C)C)nc(N2CC[C@@H](NCc3c(C)noc3C)C2)c1C. The Morgan fingerprint density at radius 3 is 2.59 bits per heavy atom. The Kier molecular flexibility index (Phi) is 5.46. The predicted octanol–water partition coefficient (Wildman–Crippen LogP) is 1.77. The molecule has 2 aromatic heterocycles. The molecule has 8 nitrogen and oxygen atoms in total. The second-order valence-electron chi connectivity index (χ2n) is 7.40. The first-order valence-electron chi connectivity index (χ1n) is 9.25. The Labute approximate surface area is 159 Å². The third kappa shape index (κ3) is 3.95. The number of amides is 1. The highest BCUT2D eigenvalue weighted by Gasteiger charge is 2.27. The molecule has 3 heterocycles. The zero-order valence-electron chi connectivity index (χ0n) is 17.0. The molecule has 2 aromatic rings. The monoisotopic (exact) mass is 372 g/mol. The molecular weight excluding hydrogens is 344 g/mol. The van der Waals surface area contributed by atoms with Crippen LogP contribution in [0.15, 0.2) is 4.52 Å². The van der Waals surface area contributed by atoms with Crippen LogP contribution in [0.3, 0.4) is 0 Å². The van der Waals surface area contributed by atoms with Crippen LogP contribution >= 0.6 is 0 Å². The highest BCUT2D eigenvalue weighted by Crippen LogP contribution is 2.24. The van der Waals surface area contributed by atoms with Crippen molar-refractivity contribution < 1.29 is 9.32 Å². The summed E-state index contributed by atoms with van der Waals surface area (Å²) in [7, 11) is 3.43. The molecule has 27 heavy (non-hydrogen) atoms. The number of hydrogen-bond donors (Lipinski definition) is 1. The molecule has 146 valence electrons. The number of aromatic nitrogens is 3. The Morgan fingerprint density at radius 2 is 1.96 bits per heavy atom. The minimum atomic E-state index is -0.174. The van der Waals surface area contributed by atoms with E-state index < -0.39 is 0 Å². The van der Waals surface area contributed by atoms with E-state index in [1.54, 1.807) is 14.1 Å². The largest absolute Gasteiger partial charge is 0.361 e. The normalized spacial score (nSPS) is 16.8. The predicted molar refractivity (Wildman–Crippen MR) is 103 cm³/mol. The van der Waals surface area contributed by atoms with Crippen molar-refractivity contribution in [2.24, 2.45) is 0 Å². The van der Waals surface area contributed by atoms with Crippen LogP contribution < -0.4 is 10.2 Å². The summed E-state index contributed by atoms with van der Waals surface area (Å²) in [6.45, 7) is 10.3. The van der Waals surface area contributed by atoms with Gasteiger partial charge in [-0.25, -0.2) is 9.97 Å². The van der Waals surface area contributed by atoms with Gasteiger partial charge in [0.1, 0.15) is 11.6 Å². The van der Waals surface area contributed by atoms with E-state index in [-0.39, 0.29) is 11.7 Å². The van der Waals surface area contributed by atoms with Crippen molar-refractivity contribution in [1.82, 2.24) is 25.3 Å². The Hall–Kier alpha value is -2.48. The summed E-state index contributed by atoms with van der Waals surface area (Å²) in [6.07, 6.45) is 1.02. The lowest BCUT2D eigenvalue weighted by atomic mass is 10.2. The van der Waals surface area contributed by atoms with Gasteiger partial charge in [-0.15, -0.1) is 0 Å². The van der Waals surface area contributed by atoms with Gasteiger partial charge in [-0.3, -0.25) is 4.79 Å². The zero-order chi connectivity index (χ0) is 19.7. The summed E-state index contributed by atoms with van der Waals surface area (Å²) in [5, 5.41) is 7.60. The van der Waals surface area contributed by atoms with Crippen LogP contribution in [0, 0.1) is 27.7 Å². The second kappa shape index (κ2) is 7.64. The van der Waals surface area contributed by atoms with Crippen LogP contribution in [0.1, 0.15) is 45.3 Å². The number of nitrogens with zero attached hydrogens (tertiary/aromatic N) is 5. The molecule has 0 aromatic carbocycles. The molecule has 3 rings (SSSR count). The van der Waals surface area contributed by atoms with Gasteiger partial charge in [-0.2, -0.15) is 0 Å². The van der Waals surface area contributed by atoms with Gasteiger partial charge in [0.25, 0.3) is 5.91 Å². The number of aryl methyl sites for hydroxylation is 3. The number of carbonyl (C=O) groups excluding carboxylic acids is 1. The molecule has 0 spiro atoms. The van der Waals surface area contributed by atoms with Gasteiger partial charge in [0.2, 0.25) is 5.82 Å². The van der Waals surface area contributed by atoms with Crippen molar-refractivity contribution in [1.29, 1.82) is 0 Å². The lowest BCUT2D eigenvalue weighted by molar-refractivity contribution is 0.0815. The van der Waals surface area contributed by atoms with Crippen LogP contribution in [-0.2, 0) is 6.54 Å². The minimum absolute atomic E-state index is 0.174. The average Bonchev–Trinajstić information content (AvgIpc) is 3.21. The summed E-state index contributed by atoms with van der Waals surface area (Å²) in [4.78, 5) is 25.0. The van der Waals surface area contributed by atoms with E-state index in [9.17, 15) is 4.79 Å². The molecule has 0 bridgehead atoms. The van der Waals surface area contributed by atoms with Crippen LogP contribution in [0.5, 0.6) is 0 Å². The zero-order valence-corrected chi connectivity index (χ0v) is 17.0. The molecular formula is C19H28N6O2. The number of anilines is 1. The lowest BCUT2D eigenvalue weighted by Gasteiger charge is -2.22. The fraction of sp³-hybridized carbons (Fsp3) is 0.579. The standard InChI is InChI=1S/C19H28N6O2/c1-11-12(2)21-17(19(26)24(5)6)22-18(11)25-8-7-15(10-25)20-9-16-13(3)23-27-14(16)4/h15,20H,7-10H2,1-6H3/t15-/m1/s1. The molecule has 1 fully saturated rings. The van der Waals surface area contributed by atoms with Crippen molar-refractivity contribution in [2.45, 2.75) is 46.7 Å². The molecule has 1 aliphatic heterocycles. The topological polar surface area (TPSA) is 87.4 Å². The first-order valence-corrected chi connectivity index (χ1v) is 9.25. The van der Waals surface area contributed by atoms with Crippen LogP contribution in [0.25, 0.3) is 0 Å². The van der Waals surface area contributed by atoms with Gasteiger partial charge in [0, 0.05) is 56.6 Å². The molecule has 0 saturated carbocycles. The van der Waals surface area contributed by atoms with Gasteiger partial charge in [0.05, 0.1) is 5.69 Å². The van der Waals surface area contributed by atoms with E-state index in [2.05, 4.69) is 25.3 Å². The van der Waals surface area contributed by atoms with Gasteiger partial charge in [0.15, 0.2) is 0 Å². The van der Waals surface area contributed by atoms with Gasteiger partial charge in [-0.1, -0.05) is 5.16 Å². The van der Waals surface area contributed by atoms with Crippen molar-refractivity contribution >= 4 is 11.7 Å². The van der Waals surface area contributed by atoms with Gasteiger partial charge >= 0.3 is 0 Å². The summed E-state index contributed by atoms with van der Waals surface area (Å²) in [5.41, 5.74) is 3.93. The third-order valence-corrected chi connectivity index (χ3v) is 5.20. The molecule has 0 radical (unpaired) electrons. The average molecular weight is 372 g/mol. The number of carbonyl (C=O) groups is 1. The first-order chi connectivity index (χ1) is 12.8. The fourth-order valence-corrected chi connectivity index (χ4v) is 3.34. The number of hydrogen-bond acceptors (Lipinski definition) is 7. The van der Waals surface area contributed by atoms with Crippen molar-refractivity contribution in [2.75, 3.05) is 32.1 Å². The highest BCUT2D eigenvalue weighted by atomic mass is 16.5. The molecule has 0 unspecified atom stereocenters. The molecule has 1 atom stereocenters. The second-order valence-corrected chi connectivity index (χ2v) is 7.40. The summed E-state index contributed by atoms with van der Waals surface area (Å²) >= 11 is 0. The van der Waals surface area contributed by atoms with E-state index in [1.807, 2.05) is 27.7 Å². The first kappa shape index (κ1) is 19.3. The molecule has 1 amide bonds. The summed E-state index contributed by atoms with van der Waals surface area (Å²) in [5.74, 6) is 1.80. The van der Waals surface area contributed by atoms with Crippen molar-refractivity contribution in [3.8, 4) is 0 Å². The van der Waals surface area contributed by atoms with Crippen molar-refractivity contribution in [3.63, 3.8) is 0 Å². The maximum absolute atomic E-state index is 12.3. The van der Waals surface area contributed by atoms with Crippen LogP contribution in [-0.4, -0.2) is 59.2 Å². The van der Waals surface area contributed by atoms with Crippen molar-refractivity contribution in [3.05, 3.63) is 34.1 Å². The molecule has 1 aliphatic rings. The molecule has 1 N–H and O–H groups in total. The summed E-state index contributed by atoms with van der Waals surface area (Å²) < 4.78 is 5.23. The number of rotatable bonds is 5. The van der Waals surface area contributed by atoms with Gasteiger partial charge in [-0.05, 0) is 34.1 Å². The number of nitrogens with one attached hydrogen (secondary N) is 1. The Bertz CT molecular complexity index is 825. The van der Waals surface area contributed by atoms with E-state index in [1.165, 1.54) is 4.90 Å². The smallest absolute Gasteiger partial charge is 0.291 e. The molecule has 0 aliphatic carbocycles. The molecule has 8 heteroatoms. The Morgan fingerprint density at radius 1 is 1.22 bits per heavy atom. The van der Waals surface area contributed by atoms with Crippen LogP contribution in [0.4, 0.5) is 5.82 Å². The van der Waals surface area contributed by atoms with E-state index in [0.717, 1.165) is 60.1 Å². The van der Waals surface area contributed by atoms with Gasteiger partial charge < -0.3 is 19.6 Å².